The maximum Gasteiger partial charge on any atom is 0.123 e. The molecule has 0 bridgehead atoms. The Hall–Kier alpha value is -5.08. The average molecular weight is 485 g/mol. The Morgan fingerprint density at radius 1 is 0.447 bits per heavy atom. The van der Waals surface area contributed by atoms with Crippen molar-refractivity contribution in [3.63, 3.8) is 0 Å². The van der Waals surface area contributed by atoms with Crippen molar-refractivity contribution in [1.82, 2.24) is 4.57 Å². The maximum atomic E-state index is 2.44. The van der Waals surface area contributed by atoms with E-state index in [1.807, 2.05) is 0 Å². The van der Waals surface area contributed by atoms with Crippen LogP contribution in [0.5, 0.6) is 0 Å². The fourth-order valence-corrected chi connectivity index (χ4v) is 6.02. The number of hydrogen-bond donors (Lipinski definition) is 0. The van der Waals surface area contributed by atoms with E-state index in [0.717, 1.165) is 11.5 Å². The molecule has 0 saturated heterocycles. The first kappa shape index (κ1) is 21.0. The lowest BCUT2D eigenvalue weighted by Gasteiger charge is -2.26. The summed E-state index contributed by atoms with van der Waals surface area (Å²) in [6.07, 6.45) is 0. The molecule has 2 nitrogen and oxygen atoms in total. The molecule has 2 heteroatoms. The van der Waals surface area contributed by atoms with Gasteiger partial charge in [-0.25, -0.2) is 0 Å². The van der Waals surface area contributed by atoms with E-state index < -0.39 is 0 Å². The van der Waals surface area contributed by atoms with Crippen LogP contribution in [0.2, 0.25) is 0 Å². The lowest BCUT2D eigenvalue weighted by atomic mass is 9.94. The van der Waals surface area contributed by atoms with E-state index in [4.69, 9.17) is 0 Å². The van der Waals surface area contributed by atoms with E-state index in [1.165, 1.54) is 55.3 Å². The summed E-state index contributed by atoms with van der Waals surface area (Å²) < 4.78 is 2.44. The zero-order valence-electron chi connectivity index (χ0n) is 20.8. The Balaban J connectivity index is 1.50. The highest BCUT2D eigenvalue weighted by Crippen LogP contribution is 2.50. The van der Waals surface area contributed by atoms with Gasteiger partial charge in [0.25, 0.3) is 0 Å². The largest absolute Gasteiger partial charge is 0.295 e. The lowest BCUT2D eigenvalue weighted by Crippen LogP contribution is -2.12. The highest BCUT2D eigenvalue weighted by Gasteiger charge is 2.28. The van der Waals surface area contributed by atoms with Gasteiger partial charge in [-0.3, -0.25) is 9.47 Å². The topological polar surface area (TPSA) is 8.17 Å². The number of nitrogens with zero attached hydrogens (tertiary/aromatic N) is 2. The third-order valence-electron chi connectivity index (χ3n) is 7.69. The summed E-state index contributed by atoms with van der Waals surface area (Å²) in [5.41, 5.74) is 9.64. The first-order valence-electron chi connectivity index (χ1n) is 13.0. The summed E-state index contributed by atoms with van der Waals surface area (Å²) >= 11 is 0. The Morgan fingerprint density at radius 3 is 2.11 bits per heavy atom. The molecule has 0 aliphatic carbocycles. The minimum Gasteiger partial charge on any atom is -0.295 e. The van der Waals surface area contributed by atoms with Gasteiger partial charge in [-0.05, 0) is 58.3 Å². The van der Waals surface area contributed by atoms with Crippen LogP contribution in [0.15, 0.2) is 146 Å². The van der Waals surface area contributed by atoms with Gasteiger partial charge in [-0.1, -0.05) is 109 Å². The van der Waals surface area contributed by atoms with Crippen molar-refractivity contribution in [3.05, 3.63) is 146 Å². The first-order chi connectivity index (χ1) is 18.9. The van der Waals surface area contributed by atoms with Crippen LogP contribution in [0.1, 0.15) is 0 Å². The second-order valence-corrected chi connectivity index (χ2v) is 9.85. The van der Waals surface area contributed by atoms with E-state index in [2.05, 4.69) is 155 Å². The highest BCUT2D eigenvalue weighted by molar-refractivity contribution is 6.08. The van der Waals surface area contributed by atoms with E-state index in [0.29, 0.717) is 0 Å². The molecule has 6 aromatic carbocycles. The van der Waals surface area contributed by atoms with Gasteiger partial charge in [0, 0.05) is 22.2 Å². The summed E-state index contributed by atoms with van der Waals surface area (Å²) in [4.78, 5) is 2.43. The molecule has 0 fully saturated rings. The van der Waals surface area contributed by atoms with Crippen LogP contribution < -0.4 is 4.90 Å². The molecular weight excluding hydrogens is 460 g/mol. The number of benzene rings is 6. The number of aromatic nitrogens is 1. The van der Waals surface area contributed by atoms with Crippen molar-refractivity contribution in [3.8, 4) is 27.9 Å². The summed E-state index contributed by atoms with van der Waals surface area (Å²) in [5.74, 6) is 1.14. The standard InChI is InChI=1S/C36H24N2/c1-2-11-25(12-3-1)27-15-10-16-29(23-27)37-33-20-9-7-18-31(33)36-30-17-6-4-13-26(30)21-22-34(36)38-32-19-8-5-14-28(32)24-35(37)38/h1-24H. The predicted molar refractivity (Wildman–Crippen MR) is 160 cm³/mol. The molecule has 0 unspecified atom stereocenters. The Bertz CT molecular complexity index is 1980. The fraction of sp³-hybridized carbons (Fsp3) is 0. The summed E-state index contributed by atoms with van der Waals surface area (Å²) in [6, 6.07) is 52.6. The molecule has 7 aromatic rings. The Kier molecular flexibility index (Phi) is 4.55. The third-order valence-corrected chi connectivity index (χ3v) is 7.69. The van der Waals surface area contributed by atoms with Crippen LogP contribution in [0.25, 0.3) is 49.6 Å². The third kappa shape index (κ3) is 3.07. The molecule has 0 atom stereocenters. The normalized spacial score (nSPS) is 12.2. The number of anilines is 3. The second-order valence-electron chi connectivity index (χ2n) is 9.85. The van der Waals surface area contributed by atoms with E-state index in [1.54, 1.807) is 0 Å². The fourth-order valence-electron chi connectivity index (χ4n) is 6.02. The van der Waals surface area contributed by atoms with Crippen molar-refractivity contribution < 1.29 is 0 Å². The monoisotopic (exact) mass is 484 g/mol. The molecule has 8 rings (SSSR count). The molecule has 1 aliphatic rings. The van der Waals surface area contributed by atoms with Crippen molar-refractivity contribution in [1.29, 1.82) is 0 Å². The zero-order valence-corrected chi connectivity index (χ0v) is 20.8. The molecule has 0 amide bonds. The molecular formula is C36H24N2. The van der Waals surface area contributed by atoms with Crippen molar-refractivity contribution in [2.75, 3.05) is 4.90 Å². The van der Waals surface area contributed by atoms with Crippen molar-refractivity contribution in [2.45, 2.75) is 0 Å². The molecule has 0 spiro atoms. The average Bonchev–Trinajstić information content (AvgIpc) is 3.31. The SMILES string of the molecule is c1ccc(-c2cccc(N3c4ccccc4-c4c(ccc5ccccc45)-n4c3cc3ccccc34)c2)cc1. The van der Waals surface area contributed by atoms with Crippen LogP contribution in [0, 0.1) is 0 Å². The van der Waals surface area contributed by atoms with Crippen LogP contribution in [0.3, 0.4) is 0 Å². The van der Waals surface area contributed by atoms with Crippen LogP contribution in [0.4, 0.5) is 17.2 Å². The summed E-state index contributed by atoms with van der Waals surface area (Å²) in [6.45, 7) is 0. The predicted octanol–water partition coefficient (Wildman–Crippen LogP) is 9.90. The lowest BCUT2D eigenvalue weighted by molar-refractivity contribution is 1.09. The molecule has 0 N–H and O–H groups in total. The van der Waals surface area contributed by atoms with Gasteiger partial charge in [0.15, 0.2) is 0 Å². The molecule has 178 valence electrons. The van der Waals surface area contributed by atoms with Gasteiger partial charge in [0.1, 0.15) is 5.82 Å². The van der Waals surface area contributed by atoms with Gasteiger partial charge >= 0.3 is 0 Å². The number of rotatable bonds is 2. The van der Waals surface area contributed by atoms with E-state index >= 15 is 0 Å². The van der Waals surface area contributed by atoms with Gasteiger partial charge in [0.2, 0.25) is 0 Å². The number of fused-ring (bicyclic) bond motifs is 9. The molecule has 1 aromatic heterocycles. The van der Waals surface area contributed by atoms with Gasteiger partial charge < -0.3 is 0 Å². The minimum absolute atomic E-state index is 1.14. The van der Waals surface area contributed by atoms with E-state index in [9.17, 15) is 0 Å². The van der Waals surface area contributed by atoms with Crippen molar-refractivity contribution >= 4 is 38.9 Å². The Labute approximate surface area is 221 Å². The zero-order chi connectivity index (χ0) is 25.1. The smallest absolute Gasteiger partial charge is 0.123 e. The highest BCUT2D eigenvalue weighted by atomic mass is 15.3. The number of hydrogen-bond acceptors (Lipinski definition) is 1. The van der Waals surface area contributed by atoms with Gasteiger partial charge in [-0.15, -0.1) is 0 Å². The molecule has 2 heterocycles. The quantitative estimate of drug-likeness (QED) is 0.237. The van der Waals surface area contributed by atoms with Gasteiger partial charge in [0.05, 0.1) is 16.9 Å². The maximum absolute atomic E-state index is 2.44. The first-order valence-corrected chi connectivity index (χ1v) is 13.0. The molecule has 38 heavy (non-hydrogen) atoms. The summed E-state index contributed by atoms with van der Waals surface area (Å²) in [7, 11) is 0. The van der Waals surface area contributed by atoms with Crippen LogP contribution in [-0.2, 0) is 0 Å². The van der Waals surface area contributed by atoms with E-state index in [-0.39, 0.29) is 0 Å². The molecule has 0 radical (unpaired) electrons. The van der Waals surface area contributed by atoms with Crippen molar-refractivity contribution in [2.24, 2.45) is 0 Å². The second kappa shape index (κ2) is 8.22. The summed E-state index contributed by atoms with van der Waals surface area (Å²) in [5, 5.41) is 3.74. The minimum atomic E-state index is 1.14. The molecule has 0 saturated carbocycles. The number of para-hydroxylation sites is 2. The van der Waals surface area contributed by atoms with Crippen LogP contribution >= 0.6 is 0 Å². The Morgan fingerprint density at radius 2 is 1.18 bits per heavy atom. The molecule has 1 aliphatic heterocycles. The van der Waals surface area contributed by atoms with Crippen LogP contribution in [-0.4, -0.2) is 4.57 Å². The van der Waals surface area contributed by atoms with Gasteiger partial charge in [-0.2, -0.15) is 0 Å².